The number of benzene rings is 2. The van der Waals surface area contributed by atoms with Crippen molar-refractivity contribution in [2.45, 2.75) is 10.8 Å². The van der Waals surface area contributed by atoms with Crippen LogP contribution in [0.5, 0.6) is 5.75 Å². The fraction of sp³-hybridized carbons (Fsp3) is 0.235. The standard InChI is InChI=1S/C17H16FNO2S/c18-13-5-7-14(8-6-13)22-11-17(20)19-9-12-10-21-16-4-2-1-3-15(12)16/h1-8,12H,9-11H2,(H,19,20)/t12-/m1/s1. The number of nitrogens with one attached hydrogen (secondary N) is 1. The summed E-state index contributed by atoms with van der Waals surface area (Å²) in [5.74, 6) is 1.13. The van der Waals surface area contributed by atoms with E-state index in [1.54, 1.807) is 12.1 Å². The molecule has 22 heavy (non-hydrogen) atoms. The maximum Gasteiger partial charge on any atom is 0.230 e. The summed E-state index contributed by atoms with van der Waals surface area (Å²) in [5, 5.41) is 2.93. The molecular formula is C17H16FNO2S. The lowest BCUT2D eigenvalue weighted by Gasteiger charge is -2.10. The van der Waals surface area contributed by atoms with Gasteiger partial charge in [0.2, 0.25) is 5.91 Å². The van der Waals surface area contributed by atoms with Gasteiger partial charge in [0.25, 0.3) is 0 Å². The Morgan fingerprint density at radius 2 is 2.00 bits per heavy atom. The van der Waals surface area contributed by atoms with Crippen molar-refractivity contribution in [3.63, 3.8) is 0 Å². The highest BCUT2D eigenvalue weighted by Crippen LogP contribution is 2.32. The fourth-order valence-electron chi connectivity index (χ4n) is 2.37. The summed E-state index contributed by atoms with van der Waals surface area (Å²) in [6.45, 7) is 1.17. The van der Waals surface area contributed by atoms with Crippen LogP contribution in [0, 0.1) is 5.82 Å². The van der Waals surface area contributed by atoms with E-state index in [0.717, 1.165) is 16.2 Å². The number of thioether (sulfide) groups is 1. The normalized spacial score (nSPS) is 16.0. The van der Waals surface area contributed by atoms with Gasteiger partial charge >= 0.3 is 0 Å². The molecule has 0 bridgehead atoms. The third-order valence-corrected chi connectivity index (χ3v) is 4.54. The number of para-hydroxylation sites is 1. The average molecular weight is 317 g/mol. The largest absolute Gasteiger partial charge is 0.493 e. The summed E-state index contributed by atoms with van der Waals surface area (Å²) in [6, 6.07) is 14.0. The van der Waals surface area contributed by atoms with E-state index < -0.39 is 0 Å². The summed E-state index contributed by atoms with van der Waals surface area (Å²) in [4.78, 5) is 12.8. The van der Waals surface area contributed by atoms with Gasteiger partial charge in [-0.2, -0.15) is 0 Å². The van der Waals surface area contributed by atoms with Crippen LogP contribution in [-0.2, 0) is 4.79 Å². The van der Waals surface area contributed by atoms with E-state index in [1.165, 1.54) is 23.9 Å². The Morgan fingerprint density at radius 3 is 2.82 bits per heavy atom. The molecule has 114 valence electrons. The number of rotatable bonds is 5. The number of hydrogen-bond donors (Lipinski definition) is 1. The lowest BCUT2D eigenvalue weighted by Crippen LogP contribution is -2.30. The van der Waals surface area contributed by atoms with Crippen LogP contribution in [0.4, 0.5) is 4.39 Å². The van der Waals surface area contributed by atoms with E-state index in [-0.39, 0.29) is 17.6 Å². The minimum absolute atomic E-state index is 0.0290. The van der Waals surface area contributed by atoms with Crippen LogP contribution < -0.4 is 10.1 Å². The second-order valence-corrected chi connectivity index (χ2v) is 6.14. The Balaban J connectivity index is 1.46. The first-order valence-electron chi connectivity index (χ1n) is 7.09. The molecule has 1 amide bonds. The summed E-state index contributed by atoms with van der Waals surface area (Å²) in [7, 11) is 0. The number of ether oxygens (including phenoxy) is 1. The van der Waals surface area contributed by atoms with Gasteiger partial charge in [-0.25, -0.2) is 4.39 Å². The van der Waals surface area contributed by atoms with Gasteiger partial charge in [0, 0.05) is 22.9 Å². The van der Waals surface area contributed by atoms with E-state index in [2.05, 4.69) is 5.32 Å². The van der Waals surface area contributed by atoms with Crippen LogP contribution in [0.15, 0.2) is 53.4 Å². The first-order chi connectivity index (χ1) is 10.7. The molecule has 0 aliphatic carbocycles. The molecule has 5 heteroatoms. The SMILES string of the molecule is O=C(CSc1ccc(F)cc1)NC[C@@H]1COc2ccccc21. The van der Waals surface area contributed by atoms with Crippen molar-refractivity contribution < 1.29 is 13.9 Å². The third kappa shape index (κ3) is 3.60. The van der Waals surface area contributed by atoms with Crippen molar-refractivity contribution in [1.82, 2.24) is 5.32 Å². The van der Waals surface area contributed by atoms with E-state index in [0.29, 0.717) is 18.9 Å². The van der Waals surface area contributed by atoms with Crippen LogP contribution in [0.3, 0.4) is 0 Å². The molecule has 0 aromatic heterocycles. The second kappa shape index (κ2) is 6.83. The van der Waals surface area contributed by atoms with Crippen molar-refractivity contribution in [3.05, 3.63) is 59.9 Å². The molecule has 2 aromatic carbocycles. The van der Waals surface area contributed by atoms with Crippen LogP contribution in [0.1, 0.15) is 11.5 Å². The molecule has 1 N–H and O–H groups in total. The van der Waals surface area contributed by atoms with Crippen LogP contribution >= 0.6 is 11.8 Å². The Kier molecular flexibility index (Phi) is 4.63. The van der Waals surface area contributed by atoms with Crippen LogP contribution in [0.2, 0.25) is 0 Å². The maximum atomic E-state index is 12.8. The average Bonchev–Trinajstić information content (AvgIpc) is 2.96. The minimum atomic E-state index is -0.270. The molecule has 0 unspecified atom stereocenters. The molecule has 3 nitrogen and oxygen atoms in total. The molecule has 1 aliphatic heterocycles. The molecule has 0 spiro atoms. The zero-order valence-electron chi connectivity index (χ0n) is 11.9. The Hall–Kier alpha value is -2.01. The van der Waals surface area contributed by atoms with Gasteiger partial charge in [-0.05, 0) is 30.3 Å². The predicted octanol–water partition coefficient (Wildman–Crippen LogP) is 3.21. The molecule has 0 saturated heterocycles. The van der Waals surface area contributed by atoms with E-state index in [4.69, 9.17) is 4.74 Å². The minimum Gasteiger partial charge on any atom is -0.493 e. The Bertz CT molecular complexity index is 660. The predicted molar refractivity (Wildman–Crippen MR) is 84.8 cm³/mol. The van der Waals surface area contributed by atoms with E-state index >= 15 is 0 Å². The van der Waals surface area contributed by atoms with Crippen molar-refractivity contribution in [2.24, 2.45) is 0 Å². The number of hydrogen-bond acceptors (Lipinski definition) is 3. The Morgan fingerprint density at radius 1 is 1.23 bits per heavy atom. The topological polar surface area (TPSA) is 38.3 Å². The molecule has 0 fully saturated rings. The van der Waals surface area contributed by atoms with Crippen LogP contribution in [-0.4, -0.2) is 24.8 Å². The fourth-order valence-corrected chi connectivity index (χ4v) is 3.09. The van der Waals surface area contributed by atoms with Crippen molar-refractivity contribution in [3.8, 4) is 5.75 Å². The zero-order valence-corrected chi connectivity index (χ0v) is 12.7. The monoisotopic (exact) mass is 317 g/mol. The third-order valence-electron chi connectivity index (χ3n) is 3.53. The first-order valence-corrected chi connectivity index (χ1v) is 8.08. The molecule has 0 saturated carbocycles. The van der Waals surface area contributed by atoms with Crippen molar-refractivity contribution >= 4 is 17.7 Å². The molecule has 0 radical (unpaired) electrons. The van der Waals surface area contributed by atoms with Crippen molar-refractivity contribution in [1.29, 1.82) is 0 Å². The summed E-state index contributed by atoms with van der Waals surface area (Å²) in [5.41, 5.74) is 1.15. The van der Waals surface area contributed by atoms with Crippen molar-refractivity contribution in [2.75, 3.05) is 18.9 Å². The number of carbonyl (C=O) groups excluding carboxylic acids is 1. The molecule has 1 atom stereocenters. The summed E-state index contributed by atoms with van der Waals surface area (Å²) >= 11 is 1.40. The zero-order chi connectivity index (χ0) is 15.4. The summed E-state index contributed by atoms with van der Waals surface area (Å²) < 4.78 is 18.4. The van der Waals surface area contributed by atoms with Gasteiger partial charge in [-0.3, -0.25) is 4.79 Å². The molecule has 1 heterocycles. The van der Waals surface area contributed by atoms with Gasteiger partial charge in [0.15, 0.2) is 0 Å². The molecule has 3 rings (SSSR count). The highest BCUT2D eigenvalue weighted by Gasteiger charge is 2.23. The molecule has 2 aromatic rings. The lowest BCUT2D eigenvalue weighted by atomic mass is 10.0. The number of halogens is 1. The van der Waals surface area contributed by atoms with Gasteiger partial charge in [0.05, 0.1) is 12.4 Å². The summed E-state index contributed by atoms with van der Waals surface area (Å²) in [6.07, 6.45) is 0. The molecular weight excluding hydrogens is 301 g/mol. The van der Waals surface area contributed by atoms with Gasteiger partial charge < -0.3 is 10.1 Å². The number of amides is 1. The van der Waals surface area contributed by atoms with E-state index in [1.807, 2.05) is 24.3 Å². The maximum absolute atomic E-state index is 12.8. The smallest absolute Gasteiger partial charge is 0.230 e. The highest BCUT2D eigenvalue weighted by molar-refractivity contribution is 8.00. The second-order valence-electron chi connectivity index (χ2n) is 5.09. The van der Waals surface area contributed by atoms with Gasteiger partial charge in [-0.1, -0.05) is 18.2 Å². The lowest BCUT2D eigenvalue weighted by molar-refractivity contribution is -0.118. The van der Waals surface area contributed by atoms with Crippen LogP contribution in [0.25, 0.3) is 0 Å². The Labute approximate surface area is 132 Å². The van der Waals surface area contributed by atoms with Gasteiger partial charge in [0.1, 0.15) is 11.6 Å². The molecule has 1 aliphatic rings. The quantitative estimate of drug-likeness (QED) is 0.861. The van der Waals surface area contributed by atoms with E-state index in [9.17, 15) is 9.18 Å². The highest BCUT2D eigenvalue weighted by atomic mass is 32.2. The first kappa shape index (κ1) is 14.9. The number of fused-ring (bicyclic) bond motifs is 1. The number of carbonyl (C=O) groups is 1. The van der Waals surface area contributed by atoms with Gasteiger partial charge in [-0.15, -0.1) is 11.8 Å².